The Morgan fingerprint density at radius 2 is 1.92 bits per heavy atom. The molecule has 0 aromatic heterocycles. The van der Waals surface area contributed by atoms with E-state index in [1.165, 1.54) is 6.92 Å². The summed E-state index contributed by atoms with van der Waals surface area (Å²) in [6.07, 6.45) is -1.07. The Morgan fingerprint density at radius 1 is 1.31 bits per heavy atom. The Hall–Kier alpha value is -0.650. The maximum Gasteiger partial charge on any atom is 0.334 e. The molecule has 0 aromatic rings. The van der Waals surface area contributed by atoms with Gasteiger partial charge in [0.25, 0.3) is 0 Å². The predicted molar refractivity (Wildman–Crippen MR) is 45.3 cm³/mol. The standard InChI is InChI=1S/C8H16O5/c1-7(9)8(10)13-6-5-12-4-3-11-2/h7,9H,3-6H2,1-2H3. The third-order valence-corrected chi connectivity index (χ3v) is 1.24. The van der Waals surface area contributed by atoms with E-state index in [1.807, 2.05) is 0 Å². The van der Waals surface area contributed by atoms with Crippen LogP contribution in [-0.2, 0) is 19.0 Å². The van der Waals surface area contributed by atoms with Crippen LogP contribution in [0.2, 0.25) is 0 Å². The van der Waals surface area contributed by atoms with Crippen LogP contribution in [0.4, 0.5) is 0 Å². The lowest BCUT2D eigenvalue weighted by Gasteiger charge is -2.06. The van der Waals surface area contributed by atoms with Crippen molar-refractivity contribution in [2.75, 3.05) is 33.5 Å². The quantitative estimate of drug-likeness (QED) is 0.438. The van der Waals surface area contributed by atoms with Crippen LogP contribution in [0.3, 0.4) is 0 Å². The third-order valence-electron chi connectivity index (χ3n) is 1.24. The summed E-state index contributed by atoms with van der Waals surface area (Å²) < 4.78 is 14.4. The Bertz CT molecular complexity index is 134. The summed E-state index contributed by atoms with van der Waals surface area (Å²) in [6, 6.07) is 0. The van der Waals surface area contributed by atoms with Gasteiger partial charge in [-0.05, 0) is 6.92 Å². The molecule has 1 unspecified atom stereocenters. The van der Waals surface area contributed by atoms with Crippen LogP contribution in [-0.4, -0.2) is 50.7 Å². The minimum atomic E-state index is -1.07. The van der Waals surface area contributed by atoms with Crippen LogP contribution < -0.4 is 0 Å². The first-order valence-electron chi connectivity index (χ1n) is 4.10. The van der Waals surface area contributed by atoms with E-state index in [-0.39, 0.29) is 6.61 Å². The molecule has 5 nitrogen and oxygen atoms in total. The molecule has 0 saturated carbocycles. The zero-order valence-corrected chi connectivity index (χ0v) is 7.99. The number of aliphatic hydroxyl groups excluding tert-OH is 1. The van der Waals surface area contributed by atoms with Gasteiger partial charge in [0.2, 0.25) is 0 Å². The van der Waals surface area contributed by atoms with Gasteiger partial charge < -0.3 is 19.3 Å². The summed E-state index contributed by atoms with van der Waals surface area (Å²) in [5.74, 6) is -0.629. The molecule has 0 aliphatic rings. The van der Waals surface area contributed by atoms with Crippen molar-refractivity contribution in [3.63, 3.8) is 0 Å². The second-order valence-corrected chi connectivity index (χ2v) is 2.45. The molecule has 0 saturated heterocycles. The first-order chi connectivity index (χ1) is 6.18. The zero-order chi connectivity index (χ0) is 10.1. The Morgan fingerprint density at radius 3 is 2.46 bits per heavy atom. The summed E-state index contributed by atoms with van der Waals surface area (Å²) in [5.41, 5.74) is 0. The van der Waals surface area contributed by atoms with E-state index in [0.29, 0.717) is 19.8 Å². The fourth-order valence-corrected chi connectivity index (χ4v) is 0.566. The highest BCUT2D eigenvalue weighted by atomic mass is 16.6. The lowest BCUT2D eigenvalue weighted by molar-refractivity contribution is -0.154. The highest BCUT2D eigenvalue weighted by Crippen LogP contribution is 1.86. The van der Waals surface area contributed by atoms with Crippen molar-refractivity contribution in [3.8, 4) is 0 Å². The van der Waals surface area contributed by atoms with E-state index in [1.54, 1.807) is 7.11 Å². The second kappa shape index (κ2) is 7.97. The summed E-state index contributed by atoms with van der Waals surface area (Å²) in [6.45, 7) is 2.83. The van der Waals surface area contributed by atoms with Gasteiger partial charge >= 0.3 is 5.97 Å². The molecule has 0 amide bonds. The molecule has 0 aromatic carbocycles. The van der Waals surface area contributed by atoms with E-state index in [4.69, 9.17) is 14.6 Å². The summed E-state index contributed by atoms with van der Waals surface area (Å²) in [4.78, 5) is 10.7. The van der Waals surface area contributed by atoms with Gasteiger partial charge in [-0.15, -0.1) is 0 Å². The first kappa shape index (κ1) is 12.3. The molecule has 0 aliphatic carbocycles. The van der Waals surface area contributed by atoms with Crippen LogP contribution >= 0.6 is 0 Å². The molecule has 0 fully saturated rings. The van der Waals surface area contributed by atoms with Gasteiger partial charge in [-0.2, -0.15) is 0 Å². The number of aliphatic hydroxyl groups is 1. The Kier molecular flexibility index (Phi) is 7.57. The molecule has 1 N–H and O–H groups in total. The molecule has 0 spiro atoms. The largest absolute Gasteiger partial charge is 0.461 e. The maximum absolute atomic E-state index is 10.7. The molecule has 13 heavy (non-hydrogen) atoms. The van der Waals surface area contributed by atoms with Crippen LogP contribution in [0.25, 0.3) is 0 Å². The summed E-state index contributed by atoms with van der Waals surface area (Å²) in [7, 11) is 1.58. The highest BCUT2D eigenvalue weighted by Gasteiger charge is 2.08. The molecule has 1 atom stereocenters. The molecule has 5 heteroatoms. The second-order valence-electron chi connectivity index (χ2n) is 2.45. The average Bonchev–Trinajstić information content (AvgIpc) is 2.10. The first-order valence-corrected chi connectivity index (χ1v) is 4.10. The van der Waals surface area contributed by atoms with Gasteiger partial charge in [0.15, 0.2) is 0 Å². The molecule has 0 rings (SSSR count). The van der Waals surface area contributed by atoms with Gasteiger partial charge in [-0.1, -0.05) is 0 Å². The fraction of sp³-hybridized carbons (Fsp3) is 0.875. The number of carbonyl (C=O) groups is 1. The Labute approximate surface area is 77.6 Å². The smallest absolute Gasteiger partial charge is 0.334 e. The summed E-state index contributed by atoms with van der Waals surface area (Å²) in [5, 5.41) is 8.73. The average molecular weight is 192 g/mol. The molecule has 0 heterocycles. The Balaban J connectivity index is 3.12. The van der Waals surface area contributed by atoms with E-state index in [9.17, 15) is 4.79 Å². The van der Waals surface area contributed by atoms with E-state index in [2.05, 4.69) is 4.74 Å². The van der Waals surface area contributed by atoms with Crippen molar-refractivity contribution >= 4 is 5.97 Å². The number of hydrogen-bond donors (Lipinski definition) is 1. The van der Waals surface area contributed by atoms with Crippen LogP contribution in [0.15, 0.2) is 0 Å². The van der Waals surface area contributed by atoms with Crippen LogP contribution in [0.5, 0.6) is 0 Å². The van der Waals surface area contributed by atoms with Crippen molar-refractivity contribution in [3.05, 3.63) is 0 Å². The SMILES string of the molecule is COCCOCCOC(=O)C(C)O. The number of methoxy groups -OCH3 is 1. The number of rotatable bonds is 7. The van der Waals surface area contributed by atoms with Gasteiger partial charge in [-0.3, -0.25) is 0 Å². The minimum Gasteiger partial charge on any atom is -0.461 e. The number of esters is 1. The number of ether oxygens (including phenoxy) is 3. The maximum atomic E-state index is 10.7. The lowest BCUT2D eigenvalue weighted by atomic mass is 10.4. The number of carbonyl (C=O) groups excluding carboxylic acids is 1. The monoisotopic (exact) mass is 192 g/mol. The van der Waals surface area contributed by atoms with Gasteiger partial charge in [0, 0.05) is 7.11 Å². The normalized spacial score (nSPS) is 12.5. The molecular formula is C8H16O5. The molecule has 0 aliphatic heterocycles. The van der Waals surface area contributed by atoms with Gasteiger partial charge in [-0.25, -0.2) is 4.79 Å². The molecule has 0 bridgehead atoms. The van der Waals surface area contributed by atoms with Crippen molar-refractivity contribution in [2.45, 2.75) is 13.0 Å². The van der Waals surface area contributed by atoms with Crippen molar-refractivity contribution < 1.29 is 24.1 Å². The topological polar surface area (TPSA) is 65.0 Å². The van der Waals surface area contributed by atoms with Gasteiger partial charge in [0.1, 0.15) is 12.7 Å². The van der Waals surface area contributed by atoms with E-state index >= 15 is 0 Å². The predicted octanol–water partition coefficient (Wildman–Crippen LogP) is -0.427. The zero-order valence-electron chi connectivity index (χ0n) is 7.99. The highest BCUT2D eigenvalue weighted by molar-refractivity contribution is 5.73. The lowest BCUT2D eigenvalue weighted by Crippen LogP contribution is -2.21. The van der Waals surface area contributed by atoms with Crippen molar-refractivity contribution in [2.24, 2.45) is 0 Å². The van der Waals surface area contributed by atoms with E-state index < -0.39 is 12.1 Å². The van der Waals surface area contributed by atoms with Crippen LogP contribution in [0.1, 0.15) is 6.92 Å². The molecular weight excluding hydrogens is 176 g/mol. The molecule has 0 radical (unpaired) electrons. The fourth-order valence-electron chi connectivity index (χ4n) is 0.566. The number of hydrogen-bond acceptors (Lipinski definition) is 5. The summed E-state index contributed by atoms with van der Waals surface area (Å²) >= 11 is 0. The van der Waals surface area contributed by atoms with E-state index in [0.717, 1.165) is 0 Å². The van der Waals surface area contributed by atoms with Crippen LogP contribution in [0, 0.1) is 0 Å². The third kappa shape index (κ3) is 7.70. The minimum absolute atomic E-state index is 0.160. The van der Waals surface area contributed by atoms with Gasteiger partial charge in [0.05, 0.1) is 19.8 Å². The molecule has 78 valence electrons. The van der Waals surface area contributed by atoms with Crippen molar-refractivity contribution in [1.82, 2.24) is 0 Å². The van der Waals surface area contributed by atoms with Crippen molar-refractivity contribution in [1.29, 1.82) is 0 Å².